The van der Waals surface area contributed by atoms with E-state index in [0.29, 0.717) is 43.0 Å². The Hall–Kier alpha value is -5.29. The lowest BCUT2D eigenvalue weighted by Crippen LogP contribution is -2.55. The molecule has 0 aromatic heterocycles. The van der Waals surface area contributed by atoms with E-state index in [4.69, 9.17) is 0 Å². The predicted molar refractivity (Wildman–Crippen MR) is 206 cm³/mol. The van der Waals surface area contributed by atoms with Gasteiger partial charge in [-0.25, -0.2) is 0 Å². The normalized spacial score (nSPS) is 20.0. The number of hydrogen-bond donors (Lipinski definition) is 3. The van der Waals surface area contributed by atoms with Crippen LogP contribution < -0.4 is 20.0 Å². The molecule has 3 N–H and O–H groups in total. The second kappa shape index (κ2) is 15.4. The van der Waals surface area contributed by atoms with Gasteiger partial charge in [-0.2, -0.15) is 0 Å². The summed E-state index contributed by atoms with van der Waals surface area (Å²) in [6.07, 6.45) is 4.78. The number of aliphatic hydroxyl groups is 2. The molecular formula is C43H47N5O5. The summed E-state index contributed by atoms with van der Waals surface area (Å²) in [5.41, 5.74) is 1.81. The van der Waals surface area contributed by atoms with Gasteiger partial charge in [0.05, 0.1) is 25.5 Å². The maximum absolute atomic E-state index is 14.5. The molecule has 2 fully saturated rings. The number of carbonyl (C=O) groups excluding carboxylic acids is 3. The Morgan fingerprint density at radius 2 is 1.51 bits per heavy atom. The van der Waals surface area contributed by atoms with Gasteiger partial charge in [0.2, 0.25) is 5.91 Å². The van der Waals surface area contributed by atoms with E-state index < -0.39 is 23.0 Å². The summed E-state index contributed by atoms with van der Waals surface area (Å²) < 4.78 is 0. The molecular weight excluding hydrogens is 667 g/mol. The second-order valence-electron chi connectivity index (χ2n) is 14.2. The molecule has 0 bridgehead atoms. The molecule has 3 amide bonds. The van der Waals surface area contributed by atoms with Crippen LogP contribution in [0.1, 0.15) is 42.9 Å². The summed E-state index contributed by atoms with van der Waals surface area (Å²) in [6.45, 7) is 4.23. The monoisotopic (exact) mass is 713 g/mol. The Labute approximate surface area is 310 Å². The first-order valence-electron chi connectivity index (χ1n) is 18.4. The third-order valence-corrected chi connectivity index (χ3v) is 11.0. The van der Waals surface area contributed by atoms with Crippen molar-refractivity contribution in [2.24, 2.45) is 5.92 Å². The Kier molecular flexibility index (Phi) is 10.5. The van der Waals surface area contributed by atoms with Crippen molar-refractivity contribution in [2.45, 2.75) is 50.4 Å². The number of rotatable bonds is 12. The number of piperidine rings is 1. The average Bonchev–Trinajstić information content (AvgIpc) is 3.58. The van der Waals surface area contributed by atoms with Gasteiger partial charge in [-0.15, -0.1) is 0 Å². The number of nitrogens with one attached hydrogen (secondary N) is 1. The van der Waals surface area contributed by atoms with Crippen molar-refractivity contribution in [3.63, 3.8) is 0 Å². The highest BCUT2D eigenvalue weighted by molar-refractivity contribution is 6.10. The Bertz CT molecular complexity index is 1950. The Morgan fingerprint density at radius 1 is 0.868 bits per heavy atom. The standard InChI is InChI=1S/C43H47N5O5/c1-32(12-11-19-39(50)45(26-27-49)29-33-13-5-2-6-14-33)43(53)37-28-36(20-21-38(37)46(41(43)52)30-34-15-7-3-8-16-34)47-31-48(35-17-9-4-10-18-35)42(40(47)51)22-24-44-25-23-42/h2-18,20-21,28,32,44,49,53H,19,22-27,29-31H2,1H3/b12-11+/t32-,43+/m0/s1. The molecule has 7 rings (SSSR count). The lowest BCUT2D eigenvalue weighted by atomic mass is 9.82. The van der Waals surface area contributed by atoms with Gasteiger partial charge in [0, 0.05) is 42.4 Å². The zero-order chi connectivity index (χ0) is 37.0. The number of nitrogens with zero attached hydrogens (tertiary/aromatic N) is 4. The molecule has 10 heteroatoms. The molecule has 0 aliphatic carbocycles. The van der Waals surface area contributed by atoms with Gasteiger partial charge in [0.15, 0.2) is 5.60 Å². The van der Waals surface area contributed by atoms with Crippen molar-refractivity contribution in [1.29, 1.82) is 0 Å². The van der Waals surface area contributed by atoms with Crippen LogP contribution in [0.25, 0.3) is 0 Å². The highest BCUT2D eigenvalue weighted by atomic mass is 16.3. The maximum Gasteiger partial charge on any atom is 0.264 e. The van der Waals surface area contributed by atoms with Gasteiger partial charge in [0.1, 0.15) is 5.54 Å². The SMILES string of the molecule is C[C@@H](/C=C/CC(=O)N(CCO)Cc1ccccc1)[C@]1(O)C(=O)N(Cc2ccccc2)c2ccc(N3CN(c4ccccc4)C4(CCNCC4)C3=O)cc21. The molecule has 3 heterocycles. The number of aliphatic hydroxyl groups excluding tert-OH is 1. The van der Waals surface area contributed by atoms with E-state index in [0.717, 1.165) is 29.9 Å². The highest BCUT2D eigenvalue weighted by Gasteiger charge is 2.55. The first-order valence-corrected chi connectivity index (χ1v) is 18.4. The molecule has 2 saturated heterocycles. The van der Waals surface area contributed by atoms with Crippen molar-refractivity contribution in [3.05, 3.63) is 138 Å². The van der Waals surface area contributed by atoms with Gasteiger partial charge in [-0.3, -0.25) is 19.3 Å². The predicted octanol–water partition coefficient (Wildman–Crippen LogP) is 4.96. The van der Waals surface area contributed by atoms with Crippen LogP contribution in [0.3, 0.4) is 0 Å². The first-order chi connectivity index (χ1) is 25.8. The summed E-state index contributed by atoms with van der Waals surface area (Å²) in [7, 11) is 0. The Morgan fingerprint density at radius 3 is 2.17 bits per heavy atom. The number of amides is 3. The zero-order valence-corrected chi connectivity index (χ0v) is 30.1. The quantitative estimate of drug-likeness (QED) is 0.178. The van der Waals surface area contributed by atoms with Crippen molar-refractivity contribution in [1.82, 2.24) is 10.2 Å². The van der Waals surface area contributed by atoms with Gasteiger partial charge >= 0.3 is 0 Å². The summed E-state index contributed by atoms with van der Waals surface area (Å²) in [5.74, 6) is -1.35. The van der Waals surface area contributed by atoms with Crippen molar-refractivity contribution in [3.8, 4) is 0 Å². The van der Waals surface area contributed by atoms with E-state index >= 15 is 0 Å². The molecule has 0 radical (unpaired) electrons. The number of anilines is 3. The number of hydrogen-bond acceptors (Lipinski definition) is 7. The van der Waals surface area contributed by atoms with Gasteiger partial charge in [0.25, 0.3) is 11.8 Å². The maximum atomic E-state index is 14.5. The lowest BCUT2D eigenvalue weighted by Gasteiger charge is -2.39. The molecule has 1 spiro atoms. The van der Waals surface area contributed by atoms with E-state index in [-0.39, 0.29) is 37.9 Å². The summed E-state index contributed by atoms with van der Waals surface area (Å²) in [4.78, 5) is 49.4. The van der Waals surface area contributed by atoms with Crippen molar-refractivity contribution < 1.29 is 24.6 Å². The van der Waals surface area contributed by atoms with Crippen LogP contribution in [-0.4, -0.2) is 71.3 Å². The number of benzene rings is 4. The topological polar surface area (TPSA) is 117 Å². The summed E-state index contributed by atoms with van der Waals surface area (Å²) in [5, 5.41) is 25.6. The second-order valence-corrected chi connectivity index (χ2v) is 14.2. The van der Waals surface area contributed by atoms with Crippen LogP contribution in [0, 0.1) is 5.92 Å². The molecule has 0 saturated carbocycles. The van der Waals surface area contributed by atoms with E-state index in [1.165, 1.54) is 0 Å². The van der Waals surface area contributed by atoms with E-state index in [1.807, 2.05) is 103 Å². The number of para-hydroxylation sites is 1. The van der Waals surface area contributed by atoms with Crippen LogP contribution in [-0.2, 0) is 33.1 Å². The van der Waals surface area contributed by atoms with E-state index in [1.54, 1.807) is 39.8 Å². The first kappa shape index (κ1) is 36.1. The smallest absolute Gasteiger partial charge is 0.264 e. The highest BCUT2D eigenvalue weighted by Crippen LogP contribution is 2.48. The van der Waals surface area contributed by atoms with Crippen molar-refractivity contribution in [2.75, 3.05) is 47.6 Å². The minimum Gasteiger partial charge on any atom is -0.395 e. The largest absolute Gasteiger partial charge is 0.395 e. The van der Waals surface area contributed by atoms with Crippen molar-refractivity contribution >= 4 is 34.8 Å². The van der Waals surface area contributed by atoms with E-state index in [9.17, 15) is 24.6 Å². The third kappa shape index (κ3) is 6.85. The molecule has 274 valence electrons. The molecule has 3 aliphatic heterocycles. The zero-order valence-electron chi connectivity index (χ0n) is 30.1. The average molecular weight is 714 g/mol. The molecule has 10 nitrogen and oxygen atoms in total. The molecule has 0 unspecified atom stereocenters. The molecule has 2 atom stereocenters. The molecule has 53 heavy (non-hydrogen) atoms. The molecule has 4 aromatic rings. The van der Waals surface area contributed by atoms with Crippen LogP contribution in [0.15, 0.2) is 121 Å². The van der Waals surface area contributed by atoms with E-state index in [2.05, 4.69) is 10.2 Å². The van der Waals surface area contributed by atoms with Crippen LogP contribution in [0.5, 0.6) is 0 Å². The lowest BCUT2D eigenvalue weighted by molar-refractivity contribution is -0.139. The summed E-state index contributed by atoms with van der Waals surface area (Å²) >= 11 is 0. The van der Waals surface area contributed by atoms with Crippen LogP contribution in [0.2, 0.25) is 0 Å². The van der Waals surface area contributed by atoms with Crippen LogP contribution >= 0.6 is 0 Å². The fourth-order valence-corrected chi connectivity index (χ4v) is 8.05. The fourth-order valence-electron chi connectivity index (χ4n) is 8.05. The molecule has 4 aromatic carbocycles. The number of fused-ring (bicyclic) bond motifs is 1. The van der Waals surface area contributed by atoms with Gasteiger partial charge in [-0.05, 0) is 67.4 Å². The van der Waals surface area contributed by atoms with Gasteiger partial charge in [-0.1, -0.05) is 97.9 Å². The minimum atomic E-state index is -1.96. The Balaban J connectivity index is 1.20. The summed E-state index contributed by atoms with van der Waals surface area (Å²) in [6, 6.07) is 34.8. The fraction of sp³-hybridized carbons (Fsp3) is 0.326. The van der Waals surface area contributed by atoms with Gasteiger partial charge < -0.3 is 30.2 Å². The number of carbonyl (C=O) groups is 3. The minimum absolute atomic E-state index is 0.00574. The van der Waals surface area contributed by atoms with Crippen LogP contribution in [0.4, 0.5) is 17.1 Å². The molecule has 3 aliphatic rings. The third-order valence-electron chi connectivity index (χ3n) is 11.0.